The number of fused-ring (bicyclic) bond motifs is 1. The molecule has 0 saturated carbocycles. The predicted octanol–water partition coefficient (Wildman–Crippen LogP) is 4.05. The molecule has 8 nitrogen and oxygen atoms in total. The van der Waals surface area contributed by atoms with Crippen molar-refractivity contribution >= 4 is 29.2 Å². The third kappa shape index (κ3) is 4.90. The lowest BCUT2D eigenvalue weighted by atomic mass is 10.00. The molecule has 1 aliphatic heterocycles. The van der Waals surface area contributed by atoms with Crippen molar-refractivity contribution in [1.82, 2.24) is 15.0 Å². The Morgan fingerprint density at radius 1 is 1.16 bits per heavy atom. The van der Waals surface area contributed by atoms with Gasteiger partial charge in [0, 0.05) is 31.4 Å². The molecule has 1 aliphatic rings. The smallest absolute Gasteiger partial charge is 0.387 e. The molecule has 0 saturated heterocycles. The second-order valence-corrected chi connectivity index (χ2v) is 7.37. The van der Waals surface area contributed by atoms with Gasteiger partial charge in [-0.2, -0.15) is 13.8 Å². The van der Waals surface area contributed by atoms with Crippen molar-refractivity contribution in [3.05, 3.63) is 59.4 Å². The van der Waals surface area contributed by atoms with Crippen LogP contribution in [0.15, 0.2) is 42.7 Å². The number of hydrogen-bond acceptors (Lipinski definition) is 7. The number of hydrogen-bond donors (Lipinski definition) is 2. The second-order valence-electron chi connectivity index (χ2n) is 7.37. The van der Waals surface area contributed by atoms with E-state index in [2.05, 4.69) is 30.3 Å². The molecule has 2 N–H and O–H groups in total. The summed E-state index contributed by atoms with van der Waals surface area (Å²) in [5.74, 6) is 0.906. The Kier molecular flexibility index (Phi) is 6.11. The minimum absolute atomic E-state index is 0.147. The Morgan fingerprint density at radius 2 is 1.97 bits per heavy atom. The molecule has 32 heavy (non-hydrogen) atoms. The Hall–Kier alpha value is -3.82. The van der Waals surface area contributed by atoms with Crippen molar-refractivity contribution in [2.75, 3.05) is 22.1 Å². The molecule has 2 heterocycles. The molecule has 0 fully saturated rings. The van der Waals surface area contributed by atoms with Crippen LogP contribution in [-0.4, -0.2) is 34.0 Å². The largest absolute Gasteiger partial charge is 0.435 e. The highest BCUT2D eigenvalue weighted by atomic mass is 19.3. The first kappa shape index (κ1) is 21.4. The van der Waals surface area contributed by atoms with Crippen LogP contribution in [0.1, 0.15) is 23.6 Å². The molecule has 3 aromatic rings. The Morgan fingerprint density at radius 3 is 2.75 bits per heavy atom. The lowest BCUT2D eigenvalue weighted by Gasteiger charge is -2.29. The average molecular weight is 440 g/mol. The zero-order chi connectivity index (χ0) is 22.7. The summed E-state index contributed by atoms with van der Waals surface area (Å²) >= 11 is 0. The monoisotopic (exact) mass is 440 g/mol. The molecule has 0 radical (unpaired) electrons. The summed E-state index contributed by atoms with van der Waals surface area (Å²) in [6.45, 7) is 1.69. The van der Waals surface area contributed by atoms with E-state index in [1.165, 1.54) is 13.3 Å². The van der Waals surface area contributed by atoms with E-state index in [-0.39, 0.29) is 11.7 Å². The maximum atomic E-state index is 12.5. The first-order chi connectivity index (χ1) is 15.4. The minimum Gasteiger partial charge on any atom is -0.435 e. The molecule has 2 aromatic carbocycles. The van der Waals surface area contributed by atoms with Gasteiger partial charge in [-0.3, -0.25) is 4.79 Å². The van der Waals surface area contributed by atoms with E-state index in [9.17, 15) is 13.6 Å². The van der Waals surface area contributed by atoms with Gasteiger partial charge in [0.15, 0.2) is 0 Å². The third-order valence-corrected chi connectivity index (χ3v) is 5.15. The summed E-state index contributed by atoms with van der Waals surface area (Å²) in [5, 5.41) is 5.98. The highest BCUT2D eigenvalue weighted by molar-refractivity contribution is 5.90. The summed E-state index contributed by atoms with van der Waals surface area (Å²) in [4.78, 5) is 26.4. The number of amides is 1. The van der Waals surface area contributed by atoms with E-state index in [0.29, 0.717) is 37.1 Å². The number of rotatable bonds is 6. The first-order valence-corrected chi connectivity index (χ1v) is 10.0. The van der Waals surface area contributed by atoms with Gasteiger partial charge in [-0.25, -0.2) is 9.97 Å². The van der Waals surface area contributed by atoms with Crippen molar-refractivity contribution in [3.8, 4) is 5.75 Å². The van der Waals surface area contributed by atoms with E-state index in [1.807, 2.05) is 30.0 Å². The van der Waals surface area contributed by atoms with Crippen LogP contribution in [0.5, 0.6) is 5.75 Å². The molecular weight excluding hydrogens is 418 g/mol. The summed E-state index contributed by atoms with van der Waals surface area (Å²) in [5.41, 5.74) is 4.31. The van der Waals surface area contributed by atoms with Gasteiger partial charge in [0.05, 0.1) is 0 Å². The summed E-state index contributed by atoms with van der Waals surface area (Å²) in [6.07, 6.45) is 2.09. The van der Waals surface area contributed by atoms with Crippen molar-refractivity contribution in [2.45, 2.75) is 33.4 Å². The molecule has 1 aromatic heterocycles. The predicted molar refractivity (Wildman–Crippen MR) is 116 cm³/mol. The van der Waals surface area contributed by atoms with Crippen molar-refractivity contribution in [2.24, 2.45) is 0 Å². The third-order valence-electron chi connectivity index (χ3n) is 5.15. The van der Waals surface area contributed by atoms with Gasteiger partial charge in [0.25, 0.3) is 0 Å². The highest BCUT2D eigenvalue weighted by Gasteiger charge is 2.20. The van der Waals surface area contributed by atoms with Crippen LogP contribution < -0.4 is 20.3 Å². The SMILES string of the molecule is CC(=O)Nc1cccc(Nc2ncnc(N3CCc4cc(OC(F)F)ccc4C3)n2)c1C. The lowest BCUT2D eigenvalue weighted by molar-refractivity contribution is -0.114. The van der Waals surface area contributed by atoms with Crippen LogP contribution >= 0.6 is 0 Å². The van der Waals surface area contributed by atoms with Gasteiger partial charge >= 0.3 is 6.61 Å². The summed E-state index contributed by atoms with van der Waals surface area (Å²) in [7, 11) is 0. The number of carbonyl (C=O) groups excluding carboxylic acids is 1. The molecule has 0 spiro atoms. The topological polar surface area (TPSA) is 92.3 Å². The van der Waals surface area contributed by atoms with Crippen LogP contribution in [0, 0.1) is 6.92 Å². The van der Waals surface area contributed by atoms with Gasteiger partial charge in [-0.1, -0.05) is 12.1 Å². The first-order valence-electron chi connectivity index (χ1n) is 10.0. The van der Waals surface area contributed by atoms with Crippen LogP contribution in [0.25, 0.3) is 0 Å². The molecule has 0 unspecified atom stereocenters. The second kappa shape index (κ2) is 9.13. The van der Waals surface area contributed by atoms with E-state index in [0.717, 1.165) is 22.4 Å². The number of anilines is 4. The van der Waals surface area contributed by atoms with Crippen molar-refractivity contribution in [3.63, 3.8) is 0 Å². The zero-order valence-corrected chi connectivity index (χ0v) is 17.6. The molecule has 4 rings (SSSR count). The van der Waals surface area contributed by atoms with Crippen LogP contribution in [0.4, 0.5) is 32.1 Å². The van der Waals surface area contributed by atoms with E-state index < -0.39 is 6.61 Å². The molecule has 0 atom stereocenters. The number of benzene rings is 2. The molecule has 1 amide bonds. The number of carbonyl (C=O) groups is 1. The van der Waals surface area contributed by atoms with Crippen LogP contribution in [0.2, 0.25) is 0 Å². The number of nitrogens with zero attached hydrogens (tertiary/aromatic N) is 4. The Balaban J connectivity index is 1.50. The van der Waals surface area contributed by atoms with E-state index >= 15 is 0 Å². The van der Waals surface area contributed by atoms with Crippen LogP contribution in [0.3, 0.4) is 0 Å². The van der Waals surface area contributed by atoms with E-state index in [4.69, 9.17) is 0 Å². The fraction of sp³-hybridized carbons (Fsp3) is 0.273. The Bertz CT molecular complexity index is 1140. The normalized spacial score (nSPS) is 13.0. The summed E-state index contributed by atoms with van der Waals surface area (Å²) in [6, 6.07) is 10.5. The number of nitrogens with one attached hydrogen (secondary N) is 2. The van der Waals surface area contributed by atoms with Gasteiger partial charge in [0.2, 0.25) is 17.8 Å². The average Bonchev–Trinajstić information content (AvgIpc) is 2.76. The number of ether oxygens (including phenoxy) is 1. The fourth-order valence-corrected chi connectivity index (χ4v) is 3.59. The fourth-order valence-electron chi connectivity index (χ4n) is 3.59. The number of halogens is 2. The maximum absolute atomic E-state index is 12.5. The molecule has 166 valence electrons. The van der Waals surface area contributed by atoms with Crippen molar-refractivity contribution < 1.29 is 18.3 Å². The van der Waals surface area contributed by atoms with Gasteiger partial charge in [-0.15, -0.1) is 0 Å². The highest BCUT2D eigenvalue weighted by Crippen LogP contribution is 2.28. The number of aromatic nitrogens is 3. The molecule has 10 heteroatoms. The lowest BCUT2D eigenvalue weighted by Crippen LogP contribution is -2.32. The standard InChI is InChI=1S/C22H22F2N6O2/c1-13-18(27-14(2)31)4-3-5-19(13)28-21-25-12-26-22(29-21)30-9-8-15-10-17(32-20(23)24)7-6-16(15)11-30/h3-7,10,12,20H,8-9,11H2,1-2H3,(H,27,31)(H,25,26,28,29). The quantitative estimate of drug-likeness (QED) is 0.598. The van der Waals surface area contributed by atoms with E-state index in [1.54, 1.807) is 18.2 Å². The molecule has 0 aliphatic carbocycles. The molecule has 0 bridgehead atoms. The van der Waals surface area contributed by atoms with Crippen molar-refractivity contribution in [1.29, 1.82) is 0 Å². The number of alkyl halides is 2. The molecular formula is C22H22F2N6O2. The van der Waals surface area contributed by atoms with Gasteiger partial charge in [-0.05, 0) is 54.3 Å². The zero-order valence-electron chi connectivity index (χ0n) is 17.6. The maximum Gasteiger partial charge on any atom is 0.387 e. The van der Waals surface area contributed by atoms with Gasteiger partial charge in [0.1, 0.15) is 12.1 Å². The summed E-state index contributed by atoms with van der Waals surface area (Å²) < 4.78 is 29.4. The minimum atomic E-state index is -2.84. The Labute approximate surface area is 183 Å². The van der Waals surface area contributed by atoms with Crippen LogP contribution in [-0.2, 0) is 17.8 Å². The van der Waals surface area contributed by atoms with Gasteiger partial charge < -0.3 is 20.3 Å².